The Labute approximate surface area is 185 Å². The van der Waals surface area contributed by atoms with Gasteiger partial charge in [-0.05, 0) is 43.7 Å². The highest BCUT2D eigenvalue weighted by molar-refractivity contribution is 7.87. The maximum Gasteiger partial charge on any atom is 0.116 e. The van der Waals surface area contributed by atoms with E-state index in [1.807, 2.05) is 31.2 Å². The van der Waals surface area contributed by atoms with Gasteiger partial charge in [-0.1, -0.05) is 88.3 Å². The monoisotopic (exact) mass is 435 g/mol. The lowest BCUT2D eigenvalue weighted by Gasteiger charge is -2.29. The molecule has 4 unspecified atom stereocenters. The first kappa shape index (κ1) is 24.4. The first-order chi connectivity index (χ1) is 14.1. The second-order valence-corrected chi connectivity index (χ2v) is 11.0. The fourth-order valence-corrected chi connectivity index (χ4v) is 6.48. The molecule has 0 spiro atoms. The molecule has 1 aliphatic carbocycles. The van der Waals surface area contributed by atoms with Crippen molar-refractivity contribution in [2.24, 2.45) is 11.8 Å². The van der Waals surface area contributed by atoms with Crippen molar-refractivity contribution in [2.75, 3.05) is 0 Å². The highest BCUT2D eigenvalue weighted by atomic mass is 35.5. The van der Waals surface area contributed by atoms with Gasteiger partial charge in [-0.15, -0.1) is 11.6 Å². The number of hydrogen-bond acceptors (Lipinski definition) is 2. The van der Waals surface area contributed by atoms with Crippen LogP contribution in [0, 0.1) is 30.1 Å². The SMILES string of the molecule is Cc1ccc(S(=O)C(Cl)C2CCCCCCCCCCCCCC2CC#N)cc1. The molecular formula is C25H38ClNOS. The quantitative estimate of drug-likeness (QED) is 0.451. The van der Waals surface area contributed by atoms with Gasteiger partial charge >= 0.3 is 0 Å². The van der Waals surface area contributed by atoms with Crippen LogP contribution in [0.5, 0.6) is 0 Å². The van der Waals surface area contributed by atoms with Crippen LogP contribution < -0.4 is 0 Å². The van der Waals surface area contributed by atoms with E-state index >= 15 is 0 Å². The molecule has 2 nitrogen and oxygen atoms in total. The number of nitriles is 1. The first-order valence-corrected chi connectivity index (χ1v) is 13.3. The summed E-state index contributed by atoms with van der Waals surface area (Å²) in [6.07, 6.45) is 16.6. The zero-order valence-corrected chi connectivity index (χ0v) is 19.7. The van der Waals surface area contributed by atoms with Crippen LogP contribution in [-0.4, -0.2) is 8.92 Å². The van der Waals surface area contributed by atoms with Crippen LogP contribution in [0.1, 0.15) is 95.5 Å². The van der Waals surface area contributed by atoms with E-state index in [2.05, 4.69) is 6.07 Å². The number of aryl methyl sites for hydroxylation is 1. The van der Waals surface area contributed by atoms with Crippen LogP contribution >= 0.6 is 11.6 Å². The summed E-state index contributed by atoms with van der Waals surface area (Å²) in [4.78, 5) is 0.808. The fraction of sp³-hybridized carbons (Fsp3) is 0.720. The molecule has 0 aliphatic heterocycles. The zero-order chi connectivity index (χ0) is 20.9. The van der Waals surface area contributed by atoms with Gasteiger partial charge < -0.3 is 0 Å². The lowest BCUT2D eigenvalue weighted by Crippen LogP contribution is -2.28. The summed E-state index contributed by atoms with van der Waals surface area (Å²) in [6, 6.07) is 10.3. The molecule has 1 aromatic rings. The minimum absolute atomic E-state index is 0.142. The van der Waals surface area contributed by atoms with Crippen LogP contribution in [0.25, 0.3) is 0 Å². The molecular weight excluding hydrogens is 398 g/mol. The number of rotatable bonds is 4. The second-order valence-electron chi connectivity index (χ2n) is 8.71. The summed E-state index contributed by atoms with van der Waals surface area (Å²) in [5.41, 5.74) is 1.16. The highest BCUT2D eigenvalue weighted by Crippen LogP contribution is 2.36. The van der Waals surface area contributed by atoms with Gasteiger partial charge in [-0.25, -0.2) is 0 Å². The summed E-state index contributed by atoms with van der Waals surface area (Å²) >= 11 is 6.88. The molecule has 0 N–H and O–H groups in total. The van der Waals surface area contributed by atoms with Gasteiger partial charge in [0.1, 0.15) is 4.71 Å². The van der Waals surface area contributed by atoms with Crippen molar-refractivity contribution < 1.29 is 4.21 Å². The Kier molecular flexibility index (Phi) is 12.0. The number of nitrogens with zero attached hydrogens (tertiary/aromatic N) is 1. The van der Waals surface area contributed by atoms with Gasteiger partial charge in [0.2, 0.25) is 0 Å². The highest BCUT2D eigenvalue weighted by Gasteiger charge is 2.32. The third kappa shape index (κ3) is 8.81. The van der Waals surface area contributed by atoms with E-state index in [4.69, 9.17) is 11.6 Å². The average Bonchev–Trinajstić information content (AvgIpc) is 2.73. The molecule has 4 heteroatoms. The normalized spacial score (nSPS) is 25.1. The second kappa shape index (κ2) is 14.2. The average molecular weight is 436 g/mol. The Balaban J connectivity index is 2.11. The van der Waals surface area contributed by atoms with Crippen molar-refractivity contribution in [3.05, 3.63) is 29.8 Å². The topological polar surface area (TPSA) is 40.9 Å². The van der Waals surface area contributed by atoms with Crippen molar-refractivity contribution in [2.45, 2.75) is 106 Å². The molecule has 1 aromatic carbocycles. The molecule has 1 aliphatic rings. The number of hydrogen-bond donors (Lipinski definition) is 0. The number of benzene rings is 1. The third-order valence-corrected chi connectivity index (χ3v) is 8.67. The Hall–Kier alpha value is -0.850. The summed E-state index contributed by atoms with van der Waals surface area (Å²) in [7, 11) is -1.24. The van der Waals surface area contributed by atoms with Gasteiger partial charge in [-0.3, -0.25) is 4.21 Å². The van der Waals surface area contributed by atoms with Crippen molar-refractivity contribution in [3.63, 3.8) is 0 Å². The van der Waals surface area contributed by atoms with E-state index < -0.39 is 15.5 Å². The fourth-order valence-electron chi connectivity index (χ4n) is 4.50. The number of halogens is 1. The Bertz CT molecular complexity index is 639. The van der Waals surface area contributed by atoms with E-state index in [1.165, 1.54) is 57.8 Å². The molecule has 0 heterocycles. The van der Waals surface area contributed by atoms with Gasteiger partial charge in [0.05, 0.1) is 16.9 Å². The standard InChI is InChI=1S/C25H38ClNOS/c1-21-15-17-23(18-16-21)29(28)25(26)24-14-12-10-8-6-4-2-3-5-7-9-11-13-22(24)19-20-27/h15-18,22,24-25H,2-14,19H2,1H3. The van der Waals surface area contributed by atoms with Crippen molar-refractivity contribution in [3.8, 4) is 6.07 Å². The number of alkyl halides is 1. The molecule has 1 fully saturated rings. The van der Waals surface area contributed by atoms with Crippen LogP contribution in [-0.2, 0) is 10.8 Å². The van der Waals surface area contributed by atoms with Gasteiger partial charge in [-0.2, -0.15) is 5.26 Å². The molecule has 4 atom stereocenters. The van der Waals surface area contributed by atoms with Crippen molar-refractivity contribution >= 4 is 22.4 Å². The molecule has 29 heavy (non-hydrogen) atoms. The Morgan fingerprint density at radius 1 is 0.931 bits per heavy atom. The maximum absolute atomic E-state index is 13.2. The van der Waals surface area contributed by atoms with Crippen LogP contribution in [0.2, 0.25) is 0 Å². The first-order valence-electron chi connectivity index (χ1n) is 11.6. The van der Waals surface area contributed by atoms with Crippen LogP contribution in [0.3, 0.4) is 0 Å². The van der Waals surface area contributed by atoms with Crippen LogP contribution in [0.4, 0.5) is 0 Å². The lowest BCUT2D eigenvalue weighted by atomic mass is 9.83. The summed E-state index contributed by atoms with van der Waals surface area (Å²) in [5, 5.41) is 9.44. The summed E-state index contributed by atoms with van der Waals surface area (Å²) < 4.78 is 12.8. The maximum atomic E-state index is 13.2. The summed E-state index contributed by atoms with van der Waals surface area (Å²) in [5.74, 6) is 0.394. The third-order valence-electron chi connectivity index (χ3n) is 6.37. The molecule has 0 bridgehead atoms. The zero-order valence-electron chi connectivity index (χ0n) is 18.1. The van der Waals surface area contributed by atoms with Crippen molar-refractivity contribution in [1.82, 2.24) is 0 Å². The molecule has 162 valence electrons. The smallest absolute Gasteiger partial charge is 0.116 e. The van der Waals surface area contributed by atoms with Crippen LogP contribution in [0.15, 0.2) is 29.2 Å². The van der Waals surface area contributed by atoms with Gasteiger partial charge in [0.25, 0.3) is 0 Å². The molecule has 0 aromatic heterocycles. The predicted octanol–water partition coefficient (Wildman–Crippen LogP) is 7.90. The Morgan fingerprint density at radius 2 is 1.41 bits per heavy atom. The van der Waals surface area contributed by atoms with Crippen molar-refractivity contribution in [1.29, 1.82) is 5.26 Å². The lowest BCUT2D eigenvalue weighted by molar-refractivity contribution is 0.296. The van der Waals surface area contributed by atoms with E-state index in [1.54, 1.807) is 0 Å². The van der Waals surface area contributed by atoms with E-state index in [0.29, 0.717) is 6.42 Å². The molecule has 0 radical (unpaired) electrons. The molecule has 1 saturated carbocycles. The molecule has 2 rings (SSSR count). The molecule has 0 amide bonds. The van der Waals surface area contributed by atoms with E-state index in [0.717, 1.165) is 36.1 Å². The van der Waals surface area contributed by atoms with Gasteiger partial charge in [0, 0.05) is 11.3 Å². The van der Waals surface area contributed by atoms with Gasteiger partial charge in [0.15, 0.2) is 0 Å². The predicted molar refractivity (Wildman–Crippen MR) is 124 cm³/mol. The van der Waals surface area contributed by atoms with E-state index in [-0.39, 0.29) is 11.8 Å². The minimum atomic E-state index is -1.24. The largest absolute Gasteiger partial charge is 0.253 e. The molecule has 0 saturated heterocycles. The Morgan fingerprint density at radius 3 is 1.93 bits per heavy atom. The van der Waals surface area contributed by atoms with E-state index in [9.17, 15) is 9.47 Å². The summed E-state index contributed by atoms with van der Waals surface area (Å²) in [6.45, 7) is 2.04. The minimum Gasteiger partial charge on any atom is -0.253 e.